The average Bonchev–Trinajstić information content (AvgIpc) is 2.40. The largest absolute Gasteiger partial charge is 0.394 e. The maximum atomic E-state index is 11.8. The zero-order valence-corrected chi connectivity index (χ0v) is 12.0. The minimum atomic E-state index is -2.11. The summed E-state index contributed by atoms with van der Waals surface area (Å²) in [6.45, 7) is 1.74. The predicted molar refractivity (Wildman–Crippen MR) is 67.3 cm³/mol. The van der Waals surface area contributed by atoms with Crippen molar-refractivity contribution in [1.29, 1.82) is 0 Å². The summed E-state index contributed by atoms with van der Waals surface area (Å²) >= 11 is 0. The summed E-state index contributed by atoms with van der Waals surface area (Å²) in [5.41, 5.74) is 0. The first-order chi connectivity index (χ1) is 9.58. The molecular formula is C12H20NO8+. The molecule has 0 fully saturated rings. The number of rotatable bonds is 6. The van der Waals surface area contributed by atoms with Crippen molar-refractivity contribution in [3.8, 4) is 0 Å². The van der Waals surface area contributed by atoms with Gasteiger partial charge in [0.1, 0.15) is 18.3 Å². The van der Waals surface area contributed by atoms with Gasteiger partial charge in [0, 0.05) is 0 Å². The second-order valence-corrected chi connectivity index (χ2v) is 4.64. The Labute approximate surface area is 121 Å². The summed E-state index contributed by atoms with van der Waals surface area (Å²) in [6, 6.07) is -1.94. The summed E-state index contributed by atoms with van der Waals surface area (Å²) < 4.78 is -1.63. The molecule has 9 nitrogen and oxygen atoms in total. The third kappa shape index (κ3) is 3.39. The number of quaternary nitrogens is 1. The van der Waals surface area contributed by atoms with E-state index in [1.54, 1.807) is 0 Å². The summed E-state index contributed by atoms with van der Waals surface area (Å²) in [5.74, 6) is -3.05. The van der Waals surface area contributed by atoms with Crippen molar-refractivity contribution in [2.24, 2.45) is 0 Å². The Bertz CT molecular complexity index is 399. The maximum absolute atomic E-state index is 11.8. The molecule has 0 unspecified atom stereocenters. The van der Waals surface area contributed by atoms with Crippen LogP contribution in [0.4, 0.5) is 0 Å². The van der Waals surface area contributed by atoms with E-state index in [-0.39, 0.29) is 6.29 Å². The molecule has 0 saturated heterocycles. The number of imide groups is 3. The fourth-order valence-electron chi connectivity index (χ4n) is 2.23. The van der Waals surface area contributed by atoms with Crippen LogP contribution in [-0.4, -0.2) is 79.9 Å². The molecule has 21 heavy (non-hydrogen) atoms. The number of aldehydes is 1. The molecule has 0 bridgehead atoms. The second kappa shape index (κ2) is 7.48. The van der Waals surface area contributed by atoms with E-state index in [1.807, 2.05) is 0 Å². The first-order valence-corrected chi connectivity index (χ1v) is 6.11. The summed E-state index contributed by atoms with van der Waals surface area (Å²) in [4.78, 5) is 46.6. The van der Waals surface area contributed by atoms with E-state index in [9.17, 15) is 34.5 Å². The van der Waals surface area contributed by atoms with Crippen LogP contribution < -0.4 is 0 Å². The van der Waals surface area contributed by atoms with E-state index in [2.05, 4.69) is 0 Å². The molecule has 4 atom stereocenters. The summed E-state index contributed by atoms with van der Waals surface area (Å²) in [7, 11) is 0. The molecule has 0 aliphatic carbocycles. The van der Waals surface area contributed by atoms with E-state index in [0.29, 0.717) is 0 Å². The summed E-state index contributed by atoms with van der Waals surface area (Å²) in [5, 5.41) is 37.6. The maximum Gasteiger partial charge on any atom is 0.326 e. The van der Waals surface area contributed by atoms with Gasteiger partial charge in [0.05, 0.1) is 27.4 Å². The predicted octanol–water partition coefficient (Wildman–Crippen LogP) is -2.91. The Balaban J connectivity index is 5.96. The number of hydrogen-bond acceptors (Lipinski definition) is 8. The van der Waals surface area contributed by atoms with Crippen LogP contribution in [0.25, 0.3) is 0 Å². The van der Waals surface area contributed by atoms with E-state index in [0.717, 1.165) is 20.8 Å². The third-order valence-corrected chi connectivity index (χ3v) is 3.36. The average molecular weight is 306 g/mol. The third-order valence-electron chi connectivity index (χ3n) is 3.36. The van der Waals surface area contributed by atoms with Crippen molar-refractivity contribution in [2.45, 2.75) is 45.1 Å². The highest BCUT2D eigenvalue weighted by molar-refractivity contribution is 5.97. The standard InChI is InChI=1S/C12H20NO8/c1-6(16)13(7(2)17,8(3)18)9(4-14)11(20)12(21)10(19)5-15/h4,9-12,15,19-21H,5H2,1-3H3/q+1/t9-,10+,11+,12+/m0/s1. The van der Waals surface area contributed by atoms with E-state index >= 15 is 0 Å². The van der Waals surface area contributed by atoms with Gasteiger partial charge in [-0.15, -0.1) is 4.48 Å². The molecule has 0 aliphatic heterocycles. The molecule has 0 aromatic carbocycles. The number of carbonyl (C=O) groups is 4. The van der Waals surface area contributed by atoms with Gasteiger partial charge in [-0.25, -0.2) is 14.4 Å². The minimum Gasteiger partial charge on any atom is -0.394 e. The van der Waals surface area contributed by atoms with Crippen molar-refractivity contribution in [3.63, 3.8) is 0 Å². The van der Waals surface area contributed by atoms with E-state index < -0.39 is 53.2 Å². The second-order valence-electron chi connectivity index (χ2n) is 4.64. The lowest BCUT2D eigenvalue weighted by Gasteiger charge is -2.36. The topological polar surface area (TPSA) is 149 Å². The molecule has 0 aliphatic rings. The Morgan fingerprint density at radius 1 is 0.952 bits per heavy atom. The molecule has 0 radical (unpaired) electrons. The highest BCUT2D eigenvalue weighted by Crippen LogP contribution is 2.21. The Morgan fingerprint density at radius 3 is 1.57 bits per heavy atom. The van der Waals surface area contributed by atoms with Crippen LogP contribution in [-0.2, 0) is 19.2 Å². The van der Waals surface area contributed by atoms with Crippen molar-refractivity contribution in [2.75, 3.05) is 6.61 Å². The highest BCUT2D eigenvalue weighted by atomic mass is 16.4. The van der Waals surface area contributed by atoms with Crippen LogP contribution in [0, 0.1) is 0 Å². The first-order valence-electron chi connectivity index (χ1n) is 6.11. The fourth-order valence-corrected chi connectivity index (χ4v) is 2.23. The normalized spacial score (nSPS) is 17.5. The number of aliphatic hydroxyl groups is 4. The minimum absolute atomic E-state index is 0.0117. The molecule has 0 heterocycles. The van der Waals surface area contributed by atoms with E-state index in [4.69, 9.17) is 5.11 Å². The number of hydrogen-bond donors (Lipinski definition) is 4. The van der Waals surface area contributed by atoms with Crippen molar-refractivity contribution >= 4 is 24.0 Å². The molecule has 0 saturated carbocycles. The van der Waals surface area contributed by atoms with Crippen LogP contribution in [0.1, 0.15) is 20.8 Å². The number of carbonyl (C=O) groups excluding carboxylic acids is 4. The molecule has 9 heteroatoms. The van der Waals surface area contributed by atoms with Gasteiger partial charge in [0.25, 0.3) is 0 Å². The zero-order chi connectivity index (χ0) is 17.0. The van der Waals surface area contributed by atoms with E-state index in [1.165, 1.54) is 0 Å². The van der Waals surface area contributed by atoms with Crippen LogP contribution in [0.3, 0.4) is 0 Å². The molecule has 0 aromatic heterocycles. The molecule has 0 aromatic rings. The number of aliphatic hydroxyl groups excluding tert-OH is 4. The smallest absolute Gasteiger partial charge is 0.326 e. The molecule has 3 amide bonds. The van der Waals surface area contributed by atoms with Crippen LogP contribution >= 0.6 is 0 Å². The molecular weight excluding hydrogens is 286 g/mol. The summed E-state index contributed by atoms with van der Waals surface area (Å²) in [6.07, 6.45) is -5.96. The van der Waals surface area contributed by atoms with Crippen molar-refractivity contribution in [1.82, 2.24) is 0 Å². The molecule has 0 rings (SSSR count). The Morgan fingerprint density at radius 2 is 1.33 bits per heavy atom. The van der Waals surface area contributed by atoms with Gasteiger partial charge in [-0.05, 0) is 0 Å². The fraction of sp³-hybridized carbons (Fsp3) is 0.667. The van der Waals surface area contributed by atoms with Gasteiger partial charge >= 0.3 is 17.7 Å². The molecule has 0 spiro atoms. The number of nitrogens with zero attached hydrogens (tertiary/aromatic N) is 1. The van der Waals surface area contributed by atoms with Crippen LogP contribution in [0.5, 0.6) is 0 Å². The van der Waals surface area contributed by atoms with Crippen LogP contribution in [0.15, 0.2) is 0 Å². The lowest BCUT2D eigenvalue weighted by Crippen LogP contribution is -2.70. The quantitative estimate of drug-likeness (QED) is 0.301. The SMILES string of the molecule is CC(=O)[N+](C(C)=O)(C(C)=O)[C@@H](C=O)[C@@H](O)[C@H](O)[C@H](O)CO. The highest BCUT2D eigenvalue weighted by Gasteiger charge is 2.56. The molecule has 4 N–H and O–H groups in total. The van der Waals surface area contributed by atoms with Gasteiger partial charge < -0.3 is 20.4 Å². The zero-order valence-electron chi connectivity index (χ0n) is 12.0. The lowest BCUT2D eigenvalue weighted by molar-refractivity contribution is -0.724. The molecule has 120 valence electrons. The first kappa shape index (κ1) is 19.5. The lowest BCUT2D eigenvalue weighted by atomic mass is 9.98. The number of amides is 3. The Hall–Kier alpha value is -1.52. The van der Waals surface area contributed by atoms with Crippen molar-refractivity contribution < 1.29 is 44.1 Å². The van der Waals surface area contributed by atoms with Gasteiger partial charge in [0.2, 0.25) is 0 Å². The van der Waals surface area contributed by atoms with Gasteiger partial charge in [-0.3, -0.25) is 4.79 Å². The monoisotopic (exact) mass is 306 g/mol. The van der Waals surface area contributed by atoms with Crippen LogP contribution in [0.2, 0.25) is 0 Å². The Kier molecular flexibility index (Phi) is 6.94. The van der Waals surface area contributed by atoms with Gasteiger partial charge in [0.15, 0.2) is 12.3 Å². The van der Waals surface area contributed by atoms with Gasteiger partial charge in [-0.2, -0.15) is 0 Å². The van der Waals surface area contributed by atoms with Crippen molar-refractivity contribution in [3.05, 3.63) is 0 Å². The van der Waals surface area contributed by atoms with Gasteiger partial charge in [-0.1, -0.05) is 0 Å².